The molecule has 2 atom stereocenters. The first kappa shape index (κ1) is 9.12. The number of alkyl halides is 1. The van der Waals surface area contributed by atoms with Crippen molar-refractivity contribution in [2.75, 3.05) is 6.54 Å². The van der Waals surface area contributed by atoms with Crippen LogP contribution in [0.2, 0.25) is 0 Å². The molecular weight excluding hydrogens is 159 g/mol. The second-order valence-corrected chi connectivity index (χ2v) is 2.86. The van der Waals surface area contributed by atoms with Crippen LogP contribution in [0, 0.1) is 5.92 Å². The van der Waals surface area contributed by atoms with Crippen LogP contribution >= 0.6 is 0 Å². The lowest BCUT2D eigenvalue weighted by atomic mass is 10.1. The lowest BCUT2D eigenvalue weighted by Gasteiger charge is -2.12. The third-order valence-corrected chi connectivity index (χ3v) is 1.86. The molecule has 4 nitrogen and oxygen atoms in total. The number of rotatable bonds is 3. The minimum atomic E-state index is -1.12. The van der Waals surface area contributed by atoms with Crippen molar-refractivity contribution in [3.63, 3.8) is 0 Å². The van der Waals surface area contributed by atoms with Gasteiger partial charge in [0.2, 0.25) is 0 Å². The highest BCUT2D eigenvalue weighted by molar-refractivity contribution is 4.91. The summed E-state index contributed by atoms with van der Waals surface area (Å²) in [4.78, 5) is 3.81. The maximum atomic E-state index is 13.4. The van der Waals surface area contributed by atoms with Crippen molar-refractivity contribution < 1.29 is 4.39 Å². The lowest BCUT2D eigenvalue weighted by molar-refractivity contribution is 0.232. The SMILES string of the molecule is CC(CN)C(F)c1ncnn1C. The number of nitrogens with zero attached hydrogens (tertiary/aromatic N) is 3. The van der Waals surface area contributed by atoms with E-state index in [4.69, 9.17) is 5.73 Å². The molecule has 0 radical (unpaired) electrons. The van der Waals surface area contributed by atoms with E-state index in [0.29, 0.717) is 12.4 Å². The van der Waals surface area contributed by atoms with Crippen LogP contribution in [0.5, 0.6) is 0 Å². The Morgan fingerprint density at radius 3 is 2.83 bits per heavy atom. The monoisotopic (exact) mass is 172 g/mol. The van der Waals surface area contributed by atoms with Crippen molar-refractivity contribution >= 4 is 0 Å². The minimum absolute atomic E-state index is 0.215. The molecule has 0 saturated heterocycles. The van der Waals surface area contributed by atoms with E-state index in [1.165, 1.54) is 11.0 Å². The highest BCUT2D eigenvalue weighted by atomic mass is 19.1. The van der Waals surface area contributed by atoms with E-state index in [1.54, 1.807) is 14.0 Å². The fraction of sp³-hybridized carbons (Fsp3) is 0.714. The normalized spacial score (nSPS) is 16.0. The maximum absolute atomic E-state index is 13.4. The van der Waals surface area contributed by atoms with E-state index >= 15 is 0 Å². The van der Waals surface area contributed by atoms with Gasteiger partial charge in [0.05, 0.1) is 0 Å². The van der Waals surface area contributed by atoms with Gasteiger partial charge in [0.1, 0.15) is 6.33 Å². The van der Waals surface area contributed by atoms with E-state index in [1.807, 2.05) is 0 Å². The number of halogens is 1. The van der Waals surface area contributed by atoms with Crippen LogP contribution in [-0.2, 0) is 7.05 Å². The second-order valence-electron chi connectivity index (χ2n) is 2.86. The van der Waals surface area contributed by atoms with Gasteiger partial charge in [0.15, 0.2) is 12.0 Å². The van der Waals surface area contributed by atoms with E-state index in [2.05, 4.69) is 10.1 Å². The summed E-state index contributed by atoms with van der Waals surface area (Å²) in [7, 11) is 1.66. The summed E-state index contributed by atoms with van der Waals surface area (Å²) >= 11 is 0. The first-order valence-corrected chi connectivity index (χ1v) is 3.84. The number of hydrogen-bond acceptors (Lipinski definition) is 3. The van der Waals surface area contributed by atoms with E-state index < -0.39 is 6.17 Å². The first-order valence-electron chi connectivity index (χ1n) is 3.84. The van der Waals surface area contributed by atoms with Gasteiger partial charge in [-0.3, -0.25) is 4.68 Å². The zero-order chi connectivity index (χ0) is 9.14. The standard InChI is InChI=1S/C7H13FN4/c1-5(3-9)6(8)7-10-4-11-12(7)2/h4-6H,3,9H2,1-2H3. The molecule has 0 aliphatic heterocycles. The van der Waals surface area contributed by atoms with Crippen LogP contribution in [0.25, 0.3) is 0 Å². The van der Waals surface area contributed by atoms with Crippen LogP contribution in [0.15, 0.2) is 6.33 Å². The Morgan fingerprint density at radius 2 is 2.42 bits per heavy atom. The van der Waals surface area contributed by atoms with Gasteiger partial charge in [-0.2, -0.15) is 5.10 Å². The van der Waals surface area contributed by atoms with Crippen LogP contribution in [0.3, 0.4) is 0 Å². The lowest BCUT2D eigenvalue weighted by Crippen LogP contribution is -2.18. The Balaban J connectivity index is 2.77. The fourth-order valence-corrected chi connectivity index (χ4v) is 0.929. The third kappa shape index (κ3) is 1.61. The molecule has 2 unspecified atom stereocenters. The third-order valence-electron chi connectivity index (χ3n) is 1.86. The predicted molar refractivity (Wildman–Crippen MR) is 43.1 cm³/mol. The summed E-state index contributed by atoms with van der Waals surface area (Å²) < 4.78 is 14.8. The van der Waals surface area contributed by atoms with Gasteiger partial charge < -0.3 is 5.73 Å². The highest BCUT2D eigenvalue weighted by Crippen LogP contribution is 2.22. The molecule has 1 aromatic heterocycles. The van der Waals surface area contributed by atoms with Crippen molar-refractivity contribution in [2.45, 2.75) is 13.1 Å². The molecule has 0 fully saturated rings. The molecule has 12 heavy (non-hydrogen) atoms. The Bertz CT molecular complexity index is 247. The highest BCUT2D eigenvalue weighted by Gasteiger charge is 2.21. The van der Waals surface area contributed by atoms with Crippen LogP contribution in [-0.4, -0.2) is 21.3 Å². The van der Waals surface area contributed by atoms with Gasteiger partial charge in [-0.25, -0.2) is 9.37 Å². The van der Waals surface area contributed by atoms with E-state index in [-0.39, 0.29) is 5.92 Å². The van der Waals surface area contributed by atoms with E-state index in [0.717, 1.165) is 0 Å². The quantitative estimate of drug-likeness (QED) is 0.718. The first-order chi connectivity index (χ1) is 5.66. The molecule has 1 rings (SSSR count). The molecular formula is C7H13FN4. The van der Waals surface area contributed by atoms with Crippen LogP contribution in [0.4, 0.5) is 4.39 Å². The number of hydrogen-bond donors (Lipinski definition) is 1. The topological polar surface area (TPSA) is 56.7 Å². The molecule has 0 spiro atoms. The molecule has 0 amide bonds. The van der Waals surface area contributed by atoms with Crippen molar-refractivity contribution in [1.82, 2.24) is 14.8 Å². The Hall–Kier alpha value is -0.970. The van der Waals surface area contributed by atoms with Crippen molar-refractivity contribution in [3.8, 4) is 0 Å². The largest absolute Gasteiger partial charge is 0.330 e. The van der Waals surface area contributed by atoms with Crippen molar-refractivity contribution in [3.05, 3.63) is 12.2 Å². The zero-order valence-corrected chi connectivity index (χ0v) is 7.24. The second kappa shape index (κ2) is 3.62. The average molecular weight is 172 g/mol. The summed E-state index contributed by atoms with van der Waals surface area (Å²) in [6.07, 6.45) is 0.216. The van der Waals surface area contributed by atoms with Crippen LogP contribution in [0.1, 0.15) is 18.9 Å². The van der Waals surface area contributed by atoms with Crippen molar-refractivity contribution in [2.24, 2.45) is 18.7 Å². The molecule has 0 aliphatic carbocycles. The fourth-order valence-electron chi connectivity index (χ4n) is 0.929. The maximum Gasteiger partial charge on any atom is 0.163 e. The van der Waals surface area contributed by atoms with Crippen molar-refractivity contribution in [1.29, 1.82) is 0 Å². The van der Waals surface area contributed by atoms with Gasteiger partial charge >= 0.3 is 0 Å². The molecule has 68 valence electrons. The molecule has 0 bridgehead atoms. The molecule has 2 N–H and O–H groups in total. The Morgan fingerprint density at radius 1 is 1.75 bits per heavy atom. The van der Waals surface area contributed by atoms with Crippen LogP contribution < -0.4 is 5.73 Å². The summed E-state index contributed by atoms with van der Waals surface area (Å²) in [6.45, 7) is 2.06. The molecule has 1 aromatic rings. The smallest absolute Gasteiger partial charge is 0.163 e. The molecule has 0 saturated carbocycles. The average Bonchev–Trinajstić information content (AvgIpc) is 2.48. The summed E-state index contributed by atoms with van der Waals surface area (Å²) in [5, 5.41) is 3.78. The molecule has 1 heterocycles. The van der Waals surface area contributed by atoms with Gasteiger partial charge in [-0.1, -0.05) is 6.92 Å². The van der Waals surface area contributed by atoms with Gasteiger partial charge in [-0.15, -0.1) is 0 Å². The van der Waals surface area contributed by atoms with Gasteiger partial charge in [0, 0.05) is 13.0 Å². The Kier molecular flexibility index (Phi) is 2.75. The minimum Gasteiger partial charge on any atom is -0.330 e. The van der Waals surface area contributed by atoms with Gasteiger partial charge in [0.25, 0.3) is 0 Å². The molecule has 0 aliphatic rings. The molecule has 0 aromatic carbocycles. The summed E-state index contributed by atoms with van der Waals surface area (Å²) in [6, 6.07) is 0. The van der Waals surface area contributed by atoms with E-state index in [9.17, 15) is 4.39 Å². The summed E-state index contributed by atoms with van der Waals surface area (Å²) in [5.74, 6) is 0.126. The summed E-state index contributed by atoms with van der Waals surface area (Å²) in [5.41, 5.74) is 5.33. The predicted octanol–water partition coefficient (Wildman–Crippen LogP) is 0.420. The molecule has 5 heteroatoms. The zero-order valence-electron chi connectivity index (χ0n) is 7.24. The Labute approximate surface area is 70.6 Å². The number of aromatic nitrogens is 3. The number of nitrogens with two attached hydrogens (primary N) is 1. The number of aryl methyl sites for hydroxylation is 1. The van der Waals surface area contributed by atoms with Gasteiger partial charge in [-0.05, 0) is 6.54 Å².